The molecule has 2 aliphatic heterocycles. The molecule has 1 fully saturated rings. The third-order valence-electron chi connectivity index (χ3n) is 4.74. The molecule has 4 rings (SSSR count). The van der Waals surface area contributed by atoms with Crippen molar-refractivity contribution in [3.8, 4) is 0 Å². The lowest BCUT2D eigenvalue weighted by Gasteiger charge is -2.34. The van der Waals surface area contributed by atoms with Gasteiger partial charge in [0, 0.05) is 19.1 Å². The number of nitrogens with zero attached hydrogens (tertiary/aromatic N) is 2. The van der Waals surface area contributed by atoms with Gasteiger partial charge in [0.05, 0.1) is 26.6 Å². The van der Waals surface area contributed by atoms with Crippen LogP contribution in [-0.4, -0.2) is 41.4 Å². The first-order valence-electron chi connectivity index (χ1n) is 7.91. The Kier molecular flexibility index (Phi) is 4.13. The number of aromatic nitrogens is 1. The Morgan fingerprint density at radius 1 is 1.50 bits per heavy atom. The first-order chi connectivity index (χ1) is 12.3. The number of aromatic carboxylic acids is 1. The van der Waals surface area contributed by atoms with Crippen molar-refractivity contribution in [1.29, 1.82) is 0 Å². The number of carboxylic acids is 1. The second-order valence-corrected chi connectivity index (χ2v) is 7.87. The number of halogens is 3. The van der Waals surface area contributed by atoms with E-state index < -0.39 is 34.8 Å². The fraction of sp³-hybridized carbons (Fsp3) is 0.375. The Bertz CT molecular complexity index is 1010. The number of rotatable bonds is 3. The van der Waals surface area contributed by atoms with Gasteiger partial charge in [0.15, 0.2) is 0 Å². The second kappa shape index (κ2) is 6.11. The minimum atomic E-state index is -1.43. The molecule has 1 unspecified atom stereocenters. The zero-order chi connectivity index (χ0) is 18.7. The van der Waals surface area contributed by atoms with E-state index in [1.165, 1.54) is 4.57 Å². The van der Waals surface area contributed by atoms with Crippen LogP contribution in [0.15, 0.2) is 15.9 Å². The molecule has 6 nitrogen and oxygen atoms in total. The van der Waals surface area contributed by atoms with Gasteiger partial charge in [0.2, 0.25) is 5.43 Å². The lowest BCUT2D eigenvalue weighted by atomic mass is 10.1. The predicted molar refractivity (Wildman–Crippen MR) is 95.8 cm³/mol. The summed E-state index contributed by atoms with van der Waals surface area (Å²) in [7, 11) is 0. The number of benzene rings is 1. The highest BCUT2D eigenvalue weighted by atomic mass is 35.5. The molecule has 2 aromatic rings. The van der Waals surface area contributed by atoms with Crippen molar-refractivity contribution in [2.75, 3.05) is 24.7 Å². The number of thioether (sulfide) groups is 1. The molecule has 0 saturated carbocycles. The van der Waals surface area contributed by atoms with Gasteiger partial charge in [-0.15, -0.1) is 0 Å². The van der Waals surface area contributed by atoms with Crippen molar-refractivity contribution in [2.45, 2.75) is 22.9 Å². The molecule has 0 aliphatic carbocycles. The van der Waals surface area contributed by atoms with E-state index in [-0.39, 0.29) is 32.7 Å². The van der Waals surface area contributed by atoms with E-state index in [2.05, 4.69) is 0 Å². The van der Waals surface area contributed by atoms with Crippen LogP contribution in [0.25, 0.3) is 10.9 Å². The van der Waals surface area contributed by atoms with Crippen LogP contribution in [0.4, 0.5) is 14.5 Å². The normalized spacial score (nSPS) is 21.8. The van der Waals surface area contributed by atoms with Gasteiger partial charge in [0.25, 0.3) is 0 Å². The third kappa shape index (κ3) is 2.34. The van der Waals surface area contributed by atoms with Crippen molar-refractivity contribution < 1.29 is 18.7 Å². The van der Waals surface area contributed by atoms with Crippen LogP contribution in [0.3, 0.4) is 0 Å². The minimum Gasteiger partial charge on any atom is -0.477 e. The number of pyridine rings is 1. The zero-order valence-corrected chi connectivity index (χ0v) is 14.9. The molecule has 1 saturated heterocycles. The Labute approximate surface area is 155 Å². The number of alkyl halides is 1. The van der Waals surface area contributed by atoms with E-state index in [1.807, 2.05) is 0 Å². The van der Waals surface area contributed by atoms with Crippen molar-refractivity contribution in [3.05, 3.63) is 32.7 Å². The van der Waals surface area contributed by atoms with E-state index in [9.17, 15) is 23.5 Å². The molecule has 3 N–H and O–H groups in total. The molecular weight excluding hydrogens is 388 g/mol. The summed E-state index contributed by atoms with van der Waals surface area (Å²) in [6.07, 6.45) is 0.673. The smallest absolute Gasteiger partial charge is 0.342 e. The van der Waals surface area contributed by atoms with Gasteiger partial charge < -0.3 is 20.3 Å². The lowest BCUT2D eigenvalue weighted by molar-refractivity contribution is 0.0689. The molecule has 1 aromatic heterocycles. The highest BCUT2D eigenvalue weighted by Gasteiger charge is 2.37. The molecule has 138 valence electrons. The molecule has 0 radical (unpaired) electrons. The number of anilines is 1. The van der Waals surface area contributed by atoms with E-state index in [4.69, 9.17) is 17.3 Å². The summed E-state index contributed by atoms with van der Waals surface area (Å²) >= 11 is 7.41. The highest BCUT2D eigenvalue weighted by molar-refractivity contribution is 8.00. The maximum absolute atomic E-state index is 14.8. The van der Waals surface area contributed by atoms with Gasteiger partial charge in [-0.3, -0.25) is 4.79 Å². The zero-order valence-electron chi connectivity index (χ0n) is 13.3. The summed E-state index contributed by atoms with van der Waals surface area (Å²) in [5.41, 5.74) is 4.84. The summed E-state index contributed by atoms with van der Waals surface area (Å²) in [6, 6.07) is 0.871. The van der Waals surface area contributed by atoms with Crippen LogP contribution in [0.2, 0.25) is 5.02 Å². The van der Waals surface area contributed by atoms with Crippen LogP contribution < -0.4 is 16.1 Å². The number of carbonyl (C=O) groups is 1. The molecular formula is C16H14ClF2N3O3S. The van der Waals surface area contributed by atoms with Gasteiger partial charge in [-0.25, -0.2) is 13.6 Å². The molecule has 0 spiro atoms. The summed E-state index contributed by atoms with van der Waals surface area (Å²) in [4.78, 5) is 25.8. The largest absolute Gasteiger partial charge is 0.477 e. The first-order valence-corrected chi connectivity index (χ1v) is 9.17. The Balaban J connectivity index is 2.06. The van der Waals surface area contributed by atoms with E-state index in [1.54, 1.807) is 4.90 Å². The van der Waals surface area contributed by atoms with Crippen LogP contribution in [0.5, 0.6) is 0 Å². The van der Waals surface area contributed by atoms with Gasteiger partial charge in [-0.05, 0) is 12.5 Å². The fourth-order valence-corrected chi connectivity index (χ4v) is 5.06. The quantitative estimate of drug-likeness (QED) is 0.821. The average molecular weight is 402 g/mol. The minimum absolute atomic E-state index is 0.0249. The van der Waals surface area contributed by atoms with Crippen molar-refractivity contribution in [2.24, 2.45) is 5.73 Å². The Hall–Kier alpha value is -1.84. The van der Waals surface area contributed by atoms with Gasteiger partial charge >= 0.3 is 5.97 Å². The SMILES string of the molecule is N[C@@H]1CCN(c2c(F)cc3c(=O)c(C(=O)O)c4n(c3c2Cl)C(CF)S4)C1. The number of nitrogens with two attached hydrogens (primary N) is 1. The first kappa shape index (κ1) is 17.6. The van der Waals surface area contributed by atoms with Gasteiger partial charge in [-0.1, -0.05) is 23.4 Å². The molecule has 1 aromatic carbocycles. The fourth-order valence-electron chi connectivity index (χ4n) is 3.55. The standard InChI is InChI=1S/C16H14ClF2N3O3S/c17-11-12-7(3-8(19)13(11)21-2-1-6(20)5-21)14(23)10(16(24)25)15-22(12)9(4-18)26-15/h3,6,9H,1-2,4-5,20H2,(H,24,25)/t6-,9?/m1/s1. The van der Waals surface area contributed by atoms with Crippen LogP contribution >= 0.6 is 23.4 Å². The van der Waals surface area contributed by atoms with Crippen molar-refractivity contribution >= 4 is 45.9 Å². The summed E-state index contributed by atoms with van der Waals surface area (Å²) < 4.78 is 29.5. The molecule has 0 amide bonds. The second-order valence-electron chi connectivity index (χ2n) is 6.32. The lowest BCUT2D eigenvalue weighted by Crippen LogP contribution is -2.31. The average Bonchev–Trinajstić information content (AvgIpc) is 2.97. The van der Waals surface area contributed by atoms with E-state index >= 15 is 0 Å². The predicted octanol–water partition coefficient (Wildman–Crippen LogP) is 2.60. The molecule has 0 bridgehead atoms. The topological polar surface area (TPSA) is 88.6 Å². The van der Waals surface area contributed by atoms with E-state index in [0.29, 0.717) is 19.5 Å². The summed E-state index contributed by atoms with van der Waals surface area (Å²) in [5.74, 6) is -2.16. The van der Waals surface area contributed by atoms with Crippen molar-refractivity contribution in [1.82, 2.24) is 4.57 Å². The third-order valence-corrected chi connectivity index (χ3v) is 6.33. The molecule has 2 atom stereocenters. The highest BCUT2D eigenvalue weighted by Crippen LogP contribution is 2.49. The molecule has 2 aliphatic rings. The van der Waals surface area contributed by atoms with Crippen LogP contribution in [0, 0.1) is 5.82 Å². The number of carboxylic acid groups (broad SMARTS) is 1. The molecule has 10 heteroatoms. The summed E-state index contributed by atoms with van der Waals surface area (Å²) in [5, 5.41) is 8.59. The van der Waals surface area contributed by atoms with Gasteiger partial charge in [-0.2, -0.15) is 0 Å². The molecule has 3 heterocycles. The van der Waals surface area contributed by atoms with Crippen LogP contribution in [0.1, 0.15) is 22.2 Å². The maximum atomic E-state index is 14.8. The number of fused-ring (bicyclic) bond motifs is 3. The Morgan fingerprint density at radius 2 is 2.23 bits per heavy atom. The van der Waals surface area contributed by atoms with E-state index in [0.717, 1.165) is 17.8 Å². The Morgan fingerprint density at radius 3 is 2.81 bits per heavy atom. The monoisotopic (exact) mass is 401 g/mol. The van der Waals surface area contributed by atoms with Gasteiger partial charge in [0.1, 0.15) is 23.4 Å². The number of hydrogen-bond donors (Lipinski definition) is 2. The molecule has 26 heavy (non-hydrogen) atoms. The maximum Gasteiger partial charge on any atom is 0.342 e. The number of hydrogen-bond acceptors (Lipinski definition) is 5. The van der Waals surface area contributed by atoms with Crippen molar-refractivity contribution in [3.63, 3.8) is 0 Å². The van der Waals surface area contributed by atoms with Crippen LogP contribution in [-0.2, 0) is 0 Å². The summed E-state index contributed by atoms with van der Waals surface area (Å²) in [6.45, 7) is 0.148.